The topological polar surface area (TPSA) is 105 Å². The number of carbonyl (C=O) groups is 2. The maximum absolute atomic E-state index is 14.1. The van der Waals surface area contributed by atoms with Crippen LogP contribution in [-0.2, 0) is 32.6 Å². The van der Waals surface area contributed by atoms with Gasteiger partial charge >= 0.3 is 0 Å². The molecule has 1 aliphatic heterocycles. The molecule has 0 unspecified atom stereocenters. The summed E-state index contributed by atoms with van der Waals surface area (Å²) in [7, 11) is -2.38. The number of hydrogen-bond donors (Lipinski definition) is 1. The summed E-state index contributed by atoms with van der Waals surface area (Å²) in [5.74, 6) is -0.226. The monoisotopic (exact) mass is 585 g/mol. The molecule has 0 saturated heterocycles. The minimum Gasteiger partial charge on any atom is -0.486 e. The van der Waals surface area contributed by atoms with Crippen molar-refractivity contribution < 1.29 is 27.5 Å². The maximum atomic E-state index is 14.1. The molecule has 9 nitrogen and oxygen atoms in total. The Morgan fingerprint density at radius 1 is 0.950 bits per heavy atom. The van der Waals surface area contributed by atoms with Gasteiger partial charge in [0.25, 0.3) is 0 Å². The standard InChI is InChI=1S/C29H32ClN3O6S/c1-3-40(36,37)33(24-13-14-26-27(18-24)39-16-15-38-26)20-28(34)32(19-22-9-11-23(30)12-10-22)25(29(35)31-2)17-21-7-5-4-6-8-21/h4-14,18,25H,3,15-17,19-20H2,1-2H3,(H,31,35)/t25-/m1/s1. The summed E-state index contributed by atoms with van der Waals surface area (Å²) in [4.78, 5) is 28.7. The molecular weight excluding hydrogens is 554 g/mol. The van der Waals surface area contributed by atoms with E-state index in [4.69, 9.17) is 21.1 Å². The number of anilines is 1. The van der Waals surface area contributed by atoms with Crippen molar-refractivity contribution in [3.05, 3.63) is 88.9 Å². The molecule has 1 heterocycles. The molecule has 1 atom stereocenters. The third-order valence-electron chi connectivity index (χ3n) is 6.58. The van der Waals surface area contributed by atoms with Gasteiger partial charge in [0.1, 0.15) is 25.8 Å². The highest BCUT2D eigenvalue weighted by Gasteiger charge is 2.33. The van der Waals surface area contributed by atoms with Crippen LogP contribution in [0.25, 0.3) is 0 Å². The van der Waals surface area contributed by atoms with Crippen LogP contribution in [-0.4, -0.2) is 63.7 Å². The van der Waals surface area contributed by atoms with Crippen molar-refractivity contribution in [2.45, 2.75) is 25.9 Å². The van der Waals surface area contributed by atoms with Crippen LogP contribution in [0.15, 0.2) is 72.8 Å². The van der Waals surface area contributed by atoms with Crippen LogP contribution >= 0.6 is 11.6 Å². The number of amides is 2. The highest BCUT2D eigenvalue weighted by atomic mass is 35.5. The predicted molar refractivity (Wildman–Crippen MR) is 154 cm³/mol. The number of hydrogen-bond acceptors (Lipinski definition) is 6. The van der Waals surface area contributed by atoms with Crippen molar-refractivity contribution in [1.82, 2.24) is 10.2 Å². The van der Waals surface area contributed by atoms with Crippen molar-refractivity contribution in [3.63, 3.8) is 0 Å². The highest BCUT2D eigenvalue weighted by molar-refractivity contribution is 7.92. The fourth-order valence-corrected chi connectivity index (χ4v) is 5.59. The van der Waals surface area contributed by atoms with E-state index in [2.05, 4.69) is 5.32 Å². The van der Waals surface area contributed by atoms with Crippen LogP contribution in [0.1, 0.15) is 18.1 Å². The molecule has 212 valence electrons. The number of nitrogens with zero attached hydrogens (tertiary/aromatic N) is 2. The third-order valence-corrected chi connectivity index (χ3v) is 8.57. The molecule has 0 aliphatic carbocycles. The Labute approximate surface area is 239 Å². The van der Waals surface area contributed by atoms with Gasteiger partial charge in [0, 0.05) is 31.1 Å². The van der Waals surface area contributed by atoms with E-state index < -0.39 is 28.5 Å². The summed E-state index contributed by atoms with van der Waals surface area (Å²) in [6.07, 6.45) is 0.240. The lowest BCUT2D eigenvalue weighted by molar-refractivity contribution is -0.139. The van der Waals surface area contributed by atoms with Gasteiger partial charge < -0.3 is 19.7 Å². The number of benzene rings is 3. The number of carbonyl (C=O) groups excluding carboxylic acids is 2. The van der Waals surface area contributed by atoms with Crippen LogP contribution < -0.4 is 19.1 Å². The molecule has 1 aliphatic rings. The number of fused-ring (bicyclic) bond motifs is 1. The summed E-state index contributed by atoms with van der Waals surface area (Å²) >= 11 is 6.07. The molecule has 2 amide bonds. The van der Waals surface area contributed by atoms with Gasteiger partial charge in [-0.3, -0.25) is 13.9 Å². The number of nitrogens with one attached hydrogen (secondary N) is 1. The molecule has 0 fully saturated rings. The van der Waals surface area contributed by atoms with Crippen LogP contribution in [0.4, 0.5) is 5.69 Å². The van der Waals surface area contributed by atoms with E-state index >= 15 is 0 Å². The molecule has 0 saturated carbocycles. The average Bonchev–Trinajstić information content (AvgIpc) is 2.98. The number of likely N-dealkylation sites (N-methyl/N-ethyl adjacent to an activating group) is 1. The van der Waals surface area contributed by atoms with E-state index in [1.165, 1.54) is 18.9 Å². The molecule has 0 aromatic heterocycles. The zero-order valence-electron chi connectivity index (χ0n) is 22.4. The Balaban J connectivity index is 1.72. The average molecular weight is 586 g/mol. The molecule has 11 heteroatoms. The van der Waals surface area contributed by atoms with Gasteiger partial charge in [0.2, 0.25) is 21.8 Å². The Kier molecular flexibility index (Phi) is 9.54. The number of rotatable bonds is 11. The second kappa shape index (κ2) is 13.1. The van der Waals surface area contributed by atoms with Crippen LogP contribution in [0.5, 0.6) is 11.5 Å². The number of sulfonamides is 1. The molecular formula is C29H32ClN3O6S. The first-order chi connectivity index (χ1) is 19.2. The van der Waals surface area contributed by atoms with Crippen molar-refractivity contribution in [3.8, 4) is 11.5 Å². The Morgan fingerprint density at radius 3 is 2.27 bits per heavy atom. The largest absolute Gasteiger partial charge is 0.486 e. The Morgan fingerprint density at radius 2 is 1.62 bits per heavy atom. The number of ether oxygens (including phenoxy) is 2. The van der Waals surface area contributed by atoms with E-state index in [1.807, 2.05) is 30.3 Å². The molecule has 40 heavy (non-hydrogen) atoms. The quantitative estimate of drug-likeness (QED) is 0.368. The van der Waals surface area contributed by atoms with Gasteiger partial charge in [-0.1, -0.05) is 54.1 Å². The fraction of sp³-hybridized carbons (Fsp3) is 0.310. The van der Waals surface area contributed by atoms with Crippen molar-refractivity contribution in [2.75, 3.05) is 36.9 Å². The normalized spacial score (nSPS) is 13.3. The van der Waals surface area contributed by atoms with Crippen molar-refractivity contribution in [2.24, 2.45) is 0 Å². The van der Waals surface area contributed by atoms with Gasteiger partial charge in [0.05, 0.1) is 11.4 Å². The first-order valence-electron chi connectivity index (χ1n) is 12.9. The van der Waals surface area contributed by atoms with E-state index in [-0.39, 0.29) is 30.3 Å². The molecule has 0 spiro atoms. The predicted octanol–water partition coefficient (Wildman–Crippen LogP) is 3.65. The Bertz CT molecular complexity index is 1430. The Hall–Kier alpha value is -3.76. The number of halogens is 1. The maximum Gasteiger partial charge on any atom is 0.244 e. The summed E-state index contributed by atoms with van der Waals surface area (Å²) in [6.45, 7) is 1.80. The zero-order valence-corrected chi connectivity index (χ0v) is 24.0. The first-order valence-corrected chi connectivity index (χ1v) is 14.9. The van der Waals surface area contributed by atoms with Gasteiger partial charge in [-0.2, -0.15) is 0 Å². The highest BCUT2D eigenvalue weighted by Crippen LogP contribution is 2.35. The molecule has 1 N–H and O–H groups in total. The molecule has 3 aromatic carbocycles. The smallest absolute Gasteiger partial charge is 0.244 e. The minimum atomic E-state index is -3.89. The van der Waals surface area contributed by atoms with Crippen LogP contribution in [0.2, 0.25) is 5.02 Å². The second-order valence-electron chi connectivity index (χ2n) is 9.20. The third kappa shape index (κ3) is 7.05. The first kappa shape index (κ1) is 29.2. The van der Waals surface area contributed by atoms with Crippen molar-refractivity contribution >= 4 is 39.1 Å². The molecule has 4 rings (SSSR count). The lowest BCUT2D eigenvalue weighted by atomic mass is 10.0. The zero-order chi connectivity index (χ0) is 28.7. The summed E-state index contributed by atoms with van der Waals surface area (Å²) in [5.41, 5.74) is 1.87. The van der Waals surface area contributed by atoms with Gasteiger partial charge in [-0.05, 0) is 42.3 Å². The van der Waals surface area contributed by atoms with Gasteiger partial charge in [-0.15, -0.1) is 0 Å². The molecule has 3 aromatic rings. The van der Waals surface area contributed by atoms with E-state index in [0.717, 1.165) is 15.4 Å². The van der Waals surface area contributed by atoms with Crippen LogP contribution in [0.3, 0.4) is 0 Å². The van der Waals surface area contributed by atoms with Gasteiger partial charge in [0.15, 0.2) is 11.5 Å². The van der Waals surface area contributed by atoms with E-state index in [1.54, 1.807) is 42.5 Å². The summed E-state index contributed by atoms with van der Waals surface area (Å²) in [6, 6.07) is 20.2. The lowest BCUT2D eigenvalue weighted by Crippen LogP contribution is -2.53. The van der Waals surface area contributed by atoms with Crippen molar-refractivity contribution in [1.29, 1.82) is 0 Å². The molecule has 0 bridgehead atoms. The summed E-state index contributed by atoms with van der Waals surface area (Å²) in [5, 5.41) is 3.19. The fourth-order valence-electron chi connectivity index (χ4n) is 4.41. The SMILES string of the molecule is CCS(=O)(=O)N(CC(=O)N(Cc1ccc(Cl)cc1)[C@H](Cc1ccccc1)C(=O)NC)c1ccc2c(c1)OCCO2. The van der Waals surface area contributed by atoms with E-state index in [9.17, 15) is 18.0 Å². The van der Waals surface area contributed by atoms with Gasteiger partial charge in [-0.25, -0.2) is 8.42 Å². The second-order valence-corrected chi connectivity index (χ2v) is 11.8. The molecule has 0 radical (unpaired) electrons. The lowest BCUT2D eigenvalue weighted by Gasteiger charge is -2.33. The van der Waals surface area contributed by atoms with Crippen LogP contribution in [0, 0.1) is 0 Å². The summed E-state index contributed by atoms with van der Waals surface area (Å²) < 4.78 is 38.8. The van der Waals surface area contributed by atoms with E-state index in [0.29, 0.717) is 29.7 Å². The minimum absolute atomic E-state index is 0.0715.